The van der Waals surface area contributed by atoms with Gasteiger partial charge in [-0.15, -0.1) is 0 Å². The standard InChI is InChI=1S/C14H23NO4/c16-9-8-15(10-4-1-2-5-10)13(17)11-6-3-7-12(11)14(18)19/h10-12,16H,1-9H2,(H,18,19)/t11-,12+/m1/s1. The van der Waals surface area contributed by atoms with Crippen molar-refractivity contribution in [3.05, 3.63) is 0 Å². The van der Waals surface area contributed by atoms with Gasteiger partial charge in [-0.1, -0.05) is 19.3 Å². The summed E-state index contributed by atoms with van der Waals surface area (Å²) in [5.41, 5.74) is 0. The SMILES string of the molecule is O=C(O)[C@H]1CCC[C@H]1C(=O)N(CCO)C1CCCC1. The van der Waals surface area contributed by atoms with Gasteiger partial charge in [-0.2, -0.15) is 0 Å². The zero-order chi connectivity index (χ0) is 13.8. The first-order chi connectivity index (χ1) is 9.15. The molecule has 0 aromatic carbocycles. The molecule has 0 bridgehead atoms. The number of aliphatic hydroxyl groups is 1. The molecule has 0 heterocycles. The van der Waals surface area contributed by atoms with Crippen LogP contribution in [0.15, 0.2) is 0 Å². The number of carbonyl (C=O) groups excluding carboxylic acids is 1. The van der Waals surface area contributed by atoms with Crippen LogP contribution in [-0.2, 0) is 9.59 Å². The second kappa shape index (κ2) is 6.37. The number of hydrogen-bond acceptors (Lipinski definition) is 3. The lowest BCUT2D eigenvalue weighted by Crippen LogP contribution is -2.45. The summed E-state index contributed by atoms with van der Waals surface area (Å²) in [5.74, 6) is -1.82. The van der Waals surface area contributed by atoms with Gasteiger partial charge in [0.05, 0.1) is 18.4 Å². The van der Waals surface area contributed by atoms with E-state index < -0.39 is 11.9 Å². The molecule has 2 atom stereocenters. The fraction of sp³-hybridized carbons (Fsp3) is 0.857. The van der Waals surface area contributed by atoms with E-state index in [9.17, 15) is 14.7 Å². The van der Waals surface area contributed by atoms with E-state index in [-0.39, 0.29) is 24.5 Å². The summed E-state index contributed by atoms with van der Waals surface area (Å²) >= 11 is 0. The molecule has 0 saturated heterocycles. The number of carbonyl (C=O) groups is 2. The quantitative estimate of drug-likeness (QED) is 0.787. The second-order valence-corrected chi connectivity index (χ2v) is 5.68. The Bertz CT molecular complexity index is 338. The maximum absolute atomic E-state index is 12.6. The van der Waals surface area contributed by atoms with Crippen molar-refractivity contribution < 1.29 is 19.8 Å². The van der Waals surface area contributed by atoms with Gasteiger partial charge in [0.25, 0.3) is 0 Å². The highest BCUT2D eigenvalue weighted by atomic mass is 16.4. The molecule has 0 aromatic rings. The minimum atomic E-state index is -0.855. The van der Waals surface area contributed by atoms with E-state index in [1.165, 1.54) is 0 Å². The Morgan fingerprint density at radius 2 is 1.63 bits per heavy atom. The van der Waals surface area contributed by atoms with E-state index in [1.54, 1.807) is 4.90 Å². The summed E-state index contributed by atoms with van der Waals surface area (Å²) in [7, 11) is 0. The van der Waals surface area contributed by atoms with Crippen LogP contribution >= 0.6 is 0 Å². The number of nitrogens with zero attached hydrogens (tertiary/aromatic N) is 1. The average Bonchev–Trinajstić information content (AvgIpc) is 3.05. The molecule has 0 aromatic heterocycles. The molecule has 2 aliphatic carbocycles. The van der Waals surface area contributed by atoms with Crippen LogP contribution in [0.3, 0.4) is 0 Å². The van der Waals surface area contributed by atoms with Crippen LogP contribution in [0.1, 0.15) is 44.9 Å². The van der Waals surface area contributed by atoms with Gasteiger partial charge < -0.3 is 15.1 Å². The van der Waals surface area contributed by atoms with Crippen molar-refractivity contribution in [2.45, 2.75) is 51.0 Å². The van der Waals surface area contributed by atoms with Crippen LogP contribution < -0.4 is 0 Å². The Kier molecular flexibility index (Phi) is 4.80. The van der Waals surface area contributed by atoms with Gasteiger partial charge in [0, 0.05) is 12.6 Å². The van der Waals surface area contributed by atoms with Crippen molar-refractivity contribution >= 4 is 11.9 Å². The number of aliphatic carboxylic acids is 1. The first-order valence-corrected chi connectivity index (χ1v) is 7.29. The molecule has 0 aliphatic heterocycles. The smallest absolute Gasteiger partial charge is 0.307 e. The van der Waals surface area contributed by atoms with Gasteiger partial charge in [-0.25, -0.2) is 0 Å². The molecule has 2 fully saturated rings. The van der Waals surface area contributed by atoms with E-state index in [0.717, 1.165) is 32.1 Å². The summed E-state index contributed by atoms with van der Waals surface area (Å²) in [6.45, 7) is 0.291. The molecule has 0 unspecified atom stereocenters. The summed E-state index contributed by atoms with van der Waals surface area (Å²) in [4.78, 5) is 25.5. The molecule has 2 aliphatic rings. The molecule has 0 radical (unpaired) electrons. The third-order valence-corrected chi connectivity index (χ3v) is 4.54. The topological polar surface area (TPSA) is 77.8 Å². The van der Waals surface area contributed by atoms with Crippen molar-refractivity contribution in [2.75, 3.05) is 13.2 Å². The molecule has 5 nitrogen and oxygen atoms in total. The maximum Gasteiger partial charge on any atom is 0.307 e. The van der Waals surface area contributed by atoms with E-state index in [0.29, 0.717) is 19.4 Å². The fourth-order valence-electron chi connectivity index (χ4n) is 3.56. The van der Waals surface area contributed by atoms with Crippen LogP contribution in [0.2, 0.25) is 0 Å². The summed E-state index contributed by atoms with van der Waals surface area (Å²) in [5, 5.41) is 18.3. The molecule has 0 spiro atoms. The Balaban J connectivity index is 2.07. The lowest BCUT2D eigenvalue weighted by molar-refractivity contribution is -0.150. The van der Waals surface area contributed by atoms with Crippen molar-refractivity contribution in [3.63, 3.8) is 0 Å². The summed E-state index contributed by atoms with van der Waals surface area (Å²) in [6, 6.07) is 0.203. The highest BCUT2D eigenvalue weighted by Crippen LogP contribution is 2.35. The van der Waals surface area contributed by atoms with Crippen molar-refractivity contribution in [3.8, 4) is 0 Å². The summed E-state index contributed by atoms with van der Waals surface area (Å²) in [6.07, 6.45) is 6.28. The highest BCUT2D eigenvalue weighted by Gasteiger charge is 2.41. The minimum absolute atomic E-state index is 0.0489. The lowest BCUT2D eigenvalue weighted by Gasteiger charge is -2.32. The van der Waals surface area contributed by atoms with Gasteiger partial charge in [0.2, 0.25) is 5.91 Å². The number of hydrogen-bond donors (Lipinski definition) is 2. The van der Waals surface area contributed by atoms with E-state index in [1.807, 2.05) is 0 Å². The molecular formula is C14H23NO4. The Labute approximate surface area is 113 Å². The molecule has 5 heteroatoms. The summed E-state index contributed by atoms with van der Waals surface area (Å²) < 4.78 is 0. The van der Waals surface area contributed by atoms with Crippen LogP contribution in [0.5, 0.6) is 0 Å². The average molecular weight is 269 g/mol. The number of rotatable bonds is 5. The molecule has 2 rings (SSSR count). The van der Waals surface area contributed by atoms with Crippen molar-refractivity contribution in [1.82, 2.24) is 4.90 Å². The highest BCUT2D eigenvalue weighted by molar-refractivity contribution is 5.85. The number of aliphatic hydroxyl groups excluding tert-OH is 1. The molecule has 2 N–H and O–H groups in total. The Morgan fingerprint density at radius 1 is 1.00 bits per heavy atom. The van der Waals surface area contributed by atoms with Gasteiger partial charge in [0.15, 0.2) is 0 Å². The van der Waals surface area contributed by atoms with E-state index in [2.05, 4.69) is 0 Å². The Hall–Kier alpha value is -1.10. The number of carboxylic acids is 1. The molecule has 2 saturated carbocycles. The molecule has 1 amide bonds. The van der Waals surface area contributed by atoms with Gasteiger partial charge >= 0.3 is 5.97 Å². The lowest BCUT2D eigenvalue weighted by atomic mass is 9.94. The van der Waals surface area contributed by atoms with Gasteiger partial charge in [0.1, 0.15) is 0 Å². The van der Waals surface area contributed by atoms with Gasteiger partial charge in [-0.05, 0) is 25.7 Å². The molecule has 108 valence electrons. The predicted molar refractivity (Wildman–Crippen MR) is 69.5 cm³/mol. The first kappa shape index (κ1) is 14.3. The third-order valence-electron chi connectivity index (χ3n) is 4.54. The fourth-order valence-corrected chi connectivity index (χ4v) is 3.56. The third kappa shape index (κ3) is 3.08. The first-order valence-electron chi connectivity index (χ1n) is 7.29. The van der Waals surface area contributed by atoms with Crippen LogP contribution in [-0.4, -0.2) is 46.2 Å². The normalized spacial score (nSPS) is 27.6. The maximum atomic E-state index is 12.6. The number of carboxylic acid groups (broad SMARTS) is 1. The van der Waals surface area contributed by atoms with Gasteiger partial charge in [-0.3, -0.25) is 9.59 Å². The van der Waals surface area contributed by atoms with E-state index >= 15 is 0 Å². The molecular weight excluding hydrogens is 246 g/mol. The van der Waals surface area contributed by atoms with Crippen molar-refractivity contribution in [1.29, 1.82) is 0 Å². The second-order valence-electron chi connectivity index (χ2n) is 5.68. The Morgan fingerprint density at radius 3 is 2.21 bits per heavy atom. The number of amides is 1. The zero-order valence-corrected chi connectivity index (χ0v) is 11.3. The largest absolute Gasteiger partial charge is 0.481 e. The minimum Gasteiger partial charge on any atom is -0.481 e. The predicted octanol–water partition coefficient (Wildman–Crippen LogP) is 1.25. The van der Waals surface area contributed by atoms with Crippen molar-refractivity contribution in [2.24, 2.45) is 11.8 Å². The molecule has 19 heavy (non-hydrogen) atoms. The monoisotopic (exact) mass is 269 g/mol. The zero-order valence-electron chi connectivity index (χ0n) is 11.3. The van der Waals surface area contributed by atoms with Crippen LogP contribution in [0.4, 0.5) is 0 Å². The van der Waals surface area contributed by atoms with E-state index in [4.69, 9.17) is 5.11 Å². The van der Waals surface area contributed by atoms with Crippen LogP contribution in [0, 0.1) is 11.8 Å². The van der Waals surface area contributed by atoms with Crippen LogP contribution in [0.25, 0.3) is 0 Å².